The van der Waals surface area contributed by atoms with Crippen LogP contribution in [0.15, 0.2) is 30.3 Å². The molecule has 6 heteroatoms. The normalized spacial score (nSPS) is 12.5. The van der Waals surface area contributed by atoms with E-state index in [4.69, 9.17) is 46.4 Å². The quantitative estimate of drug-likeness (QED) is 0.438. The first-order valence-corrected chi connectivity index (χ1v) is 7.18. The first-order valence-electron chi connectivity index (χ1n) is 5.61. The molecule has 0 fully saturated rings. The van der Waals surface area contributed by atoms with Gasteiger partial charge in [0.2, 0.25) is 0 Å². The second kappa shape index (κ2) is 6.48. The summed E-state index contributed by atoms with van der Waals surface area (Å²) >= 11 is 23.3. The van der Waals surface area contributed by atoms with Crippen LogP contribution >= 0.6 is 46.4 Å². The molecule has 1 unspecified atom stereocenters. The highest BCUT2D eigenvalue weighted by Gasteiger charge is 2.17. The molecule has 0 bridgehead atoms. The summed E-state index contributed by atoms with van der Waals surface area (Å²) in [6, 6.07) is 6.92. The van der Waals surface area contributed by atoms with Crippen molar-refractivity contribution in [3.63, 3.8) is 0 Å². The van der Waals surface area contributed by atoms with E-state index < -0.39 is 17.0 Å². The Hall–Kier alpha value is -0.540. The van der Waals surface area contributed by atoms with Crippen LogP contribution in [0.25, 0.3) is 0 Å². The lowest BCUT2D eigenvalue weighted by molar-refractivity contribution is 0.582. The molecule has 0 aliphatic rings. The highest BCUT2D eigenvalue weighted by Crippen LogP contribution is 2.32. The summed E-state index contributed by atoms with van der Waals surface area (Å²) in [5, 5.41) is -0.204. The zero-order valence-corrected chi connectivity index (χ0v) is 13.0. The predicted molar refractivity (Wildman–Crippen MR) is 80.1 cm³/mol. The Labute approximate surface area is 135 Å². The second-order valence-corrected chi connectivity index (χ2v) is 5.96. The van der Waals surface area contributed by atoms with Gasteiger partial charge >= 0.3 is 0 Å². The lowest BCUT2D eigenvalue weighted by atomic mass is 10.0. The molecule has 1 atom stereocenters. The van der Waals surface area contributed by atoms with Crippen LogP contribution in [-0.4, -0.2) is 0 Å². The molecule has 0 saturated heterocycles. The third kappa shape index (κ3) is 3.56. The van der Waals surface area contributed by atoms with Gasteiger partial charge in [0.25, 0.3) is 0 Å². The molecular weight excluding hydrogens is 348 g/mol. The Bertz CT molecular complexity index is 643. The van der Waals surface area contributed by atoms with Gasteiger partial charge in [0, 0.05) is 5.56 Å². The summed E-state index contributed by atoms with van der Waals surface area (Å²) in [5.74, 6) is -1.35. The molecule has 2 rings (SSSR count). The van der Waals surface area contributed by atoms with Crippen LogP contribution in [0.2, 0.25) is 15.1 Å². The molecule has 0 amide bonds. The number of benzene rings is 2. The summed E-state index contributed by atoms with van der Waals surface area (Å²) in [6.45, 7) is 0. The standard InChI is InChI=1S/C14H8Cl4F2/c15-9-2-1-7(4-11(9)17)3-10(16)8-5-14(20)12(18)6-13(8)19/h1-2,4-6,10H,3H2. The number of rotatable bonds is 3. The Balaban J connectivity index is 2.25. The van der Waals surface area contributed by atoms with Gasteiger partial charge in [-0.2, -0.15) is 0 Å². The van der Waals surface area contributed by atoms with Crippen LogP contribution in [0.1, 0.15) is 16.5 Å². The van der Waals surface area contributed by atoms with Crippen LogP contribution in [-0.2, 0) is 6.42 Å². The third-order valence-electron chi connectivity index (χ3n) is 2.78. The average molecular weight is 356 g/mol. The molecule has 2 aromatic carbocycles. The van der Waals surface area contributed by atoms with Crippen molar-refractivity contribution in [2.24, 2.45) is 0 Å². The second-order valence-electron chi connectivity index (χ2n) is 4.21. The predicted octanol–water partition coefficient (Wildman–Crippen LogP) is 6.45. The van der Waals surface area contributed by atoms with E-state index >= 15 is 0 Å². The maximum absolute atomic E-state index is 13.7. The van der Waals surface area contributed by atoms with Gasteiger partial charge in [-0.15, -0.1) is 11.6 Å². The number of halogens is 6. The van der Waals surface area contributed by atoms with Gasteiger partial charge in [0.15, 0.2) is 0 Å². The zero-order chi connectivity index (χ0) is 14.9. The number of hydrogen-bond donors (Lipinski definition) is 0. The van der Waals surface area contributed by atoms with Crippen molar-refractivity contribution in [3.8, 4) is 0 Å². The SMILES string of the molecule is Fc1cc(C(Cl)Cc2ccc(Cl)c(Cl)c2)c(F)cc1Cl. The van der Waals surface area contributed by atoms with Gasteiger partial charge in [-0.1, -0.05) is 40.9 Å². The molecule has 2 aromatic rings. The van der Waals surface area contributed by atoms with Gasteiger partial charge in [-0.3, -0.25) is 0 Å². The van der Waals surface area contributed by atoms with Crippen LogP contribution < -0.4 is 0 Å². The van der Waals surface area contributed by atoms with E-state index in [-0.39, 0.29) is 17.0 Å². The van der Waals surface area contributed by atoms with Crippen LogP contribution in [0, 0.1) is 11.6 Å². The summed E-state index contributed by atoms with van der Waals surface area (Å²) < 4.78 is 27.1. The van der Waals surface area contributed by atoms with Gasteiger partial charge in [0.05, 0.1) is 20.4 Å². The van der Waals surface area contributed by atoms with E-state index in [1.165, 1.54) is 0 Å². The van der Waals surface area contributed by atoms with E-state index in [1.54, 1.807) is 18.2 Å². The zero-order valence-electron chi connectivity index (χ0n) is 9.94. The Morgan fingerprint density at radius 2 is 1.55 bits per heavy atom. The van der Waals surface area contributed by atoms with E-state index in [9.17, 15) is 8.78 Å². The minimum Gasteiger partial charge on any atom is -0.207 e. The summed E-state index contributed by atoms with van der Waals surface area (Å²) in [4.78, 5) is 0. The highest BCUT2D eigenvalue weighted by atomic mass is 35.5. The van der Waals surface area contributed by atoms with Crippen LogP contribution in [0.4, 0.5) is 8.78 Å². The van der Waals surface area contributed by atoms with Crippen LogP contribution in [0.3, 0.4) is 0 Å². The van der Waals surface area contributed by atoms with Crippen molar-refractivity contribution in [1.29, 1.82) is 0 Å². The third-order valence-corrected chi connectivity index (χ3v) is 4.19. The summed E-state index contributed by atoms with van der Waals surface area (Å²) in [5.41, 5.74) is 0.828. The highest BCUT2D eigenvalue weighted by molar-refractivity contribution is 6.42. The lowest BCUT2D eigenvalue weighted by Crippen LogP contribution is -2.00. The van der Waals surface area contributed by atoms with Crippen molar-refractivity contribution in [3.05, 3.63) is 68.2 Å². The van der Waals surface area contributed by atoms with Crippen molar-refractivity contribution in [2.75, 3.05) is 0 Å². The molecular formula is C14H8Cl4F2. The largest absolute Gasteiger partial charge is 0.207 e. The van der Waals surface area contributed by atoms with Gasteiger partial charge < -0.3 is 0 Å². The minimum absolute atomic E-state index is 0.0552. The summed E-state index contributed by atoms with van der Waals surface area (Å²) in [7, 11) is 0. The number of alkyl halides is 1. The maximum Gasteiger partial charge on any atom is 0.142 e. The maximum atomic E-state index is 13.7. The van der Waals surface area contributed by atoms with Crippen LogP contribution in [0.5, 0.6) is 0 Å². The molecule has 0 radical (unpaired) electrons. The monoisotopic (exact) mass is 354 g/mol. The van der Waals surface area contributed by atoms with E-state index in [0.717, 1.165) is 17.7 Å². The Morgan fingerprint density at radius 3 is 2.20 bits per heavy atom. The van der Waals surface area contributed by atoms with E-state index in [1.807, 2.05) is 0 Å². The van der Waals surface area contributed by atoms with Crippen molar-refractivity contribution in [1.82, 2.24) is 0 Å². The first kappa shape index (κ1) is 15.8. The average Bonchev–Trinajstić information content (AvgIpc) is 2.38. The fraction of sp³-hybridized carbons (Fsp3) is 0.143. The smallest absolute Gasteiger partial charge is 0.142 e. The first-order chi connectivity index (χ1) is 9.38. The molecule has 0 aliphatic heterocycles. The molecule has 0 nitrogen and oxygen atoms in total. The van der Waals surface area contributed by atoms with Crippen molar-refractivity contribution in [2.45, 2.75) is 11.8 Å². The molecule has 0 aliphatic carbocycles. The Morgan fingerprint density at radius 1 is 0.850 bits per heavy atom. The summed E-state index contributed by atoms with van der Waals surface area (Å²) in [6.07, 6.45) is 0.288. The Kier molecular flexibility index (Phi) is 5.14. The minimum atomic E-state index is -0.737. The lowest BCUT2D eigenvalue weighted by Gasteiger charge is -2.12. The molecule has 0 spiro atoms. The van der Waals surface area contributed by atoms with E-state index in [2.05, 4.69) is 0 Å². The molecule has 0 heterocycles. The molecule has 0 aromatic heterocycles. The molecule has 20 heavy (non-hydrogen) atoms. The van der Waals surface area contributed by atoms with Gasteiger partial charge in [0.1, 0.15) is 11.6 Å². The van der Waals surface area contributed by atoms with Crippen molar-refractivity contribution >= 4 is 46.4 Å². The molecule has 106 valence electrons. The fourth-order valence-corrected chi connectivity index (χ4v) is 2.58. The van der Waals surface area contributed by atoms with Gasteiger partial charge in [-0.05, 0) is 36.2 Å². The van der Waals surface area contributed by atoms with E-state index in [0.29, 0.717) is 10.0 Å². The molecule has 0 saturated carbocycles. The fourth-order valence-electron chi connectivity index (χ4n) is 1.76. The van der Waals surface area contributed by atoms with Gasteiger partial charge in [-0.25, -0.2) is 8.78 Å². The molecule has 0 N–H and O–H groups in total. The van der Waals surface area contributed by atoms with Crippen molar-refractivity contribution < 1.29 is 8.78 Å². The number of hydrogen-bond acceptors (Lipinski definition) is 0. The topological polar surface area (TPSA) is 0 Å².